The molecule has 1 aliphatic carbocycles. The molecule has 0 radical (unpaired) electrons. The highest BCUT2D eigenvalue weighted by atomic mass is 127. The first-order chi connectivity index (χ1) is 12.2. The monoisotopic (exact) mass is 468 g/mol. The van der Waals surface area contributed by atoms with Crippen LogP contribution in [0.15, 0.2) is 53.7 Å². The van der Waals surface area contributed by atoms with Crippen molar-refractivity contribution in [2.75, 3.05) is 19.6 Å². The first-order valence-corrected chi connectivity index (χ1v) is 8.90. The van der Waals surface area contributed by atoms with Gasteiger partial charge in [0.25, 0.3) is 0 Å². The van der Waals surface area contributed by atoms with Gasteiger partial charge in [0.15, 0.2) is 5.96 Å². The Balaban J connectivity index is 0.00000243. The van der Waals surface area contributed by atoms with E-state index in [2.05, 4.69) is 22.5 Å². The molecule has 3 rings (SSSR count). The molecular formula is C20H26FIN4. The van der Waals surface area contributed by atoms with Crippen molar-refractivity contribution < 1.29 is 4.39 Å². The van der Waals surface area contributed by atoms with E-state index in [-0.39, 0.29) is 35.2 Å². The number of aromatic nitrogens is 1. The van der Waals surface area contributed by atoms with Crippen LogP contribution in [-0.4, -0.2) is 30.6 Å². The van der Waals surface area contributed by atoms with E-state index in [0.717, 1.165) is 50.6 Å². The van der Waals surface area contributed by atoms with Crippen LogP contribution in [-0.2, 0) is 11.8 Å². The second-order valence-corrected chi connectivity index (χ2v) is 6.48. The molecule has 2 aromatic rings. The fourth-order valence-electron chi connectivity index (χ4n) is 2.92. The van der Waals surface area contributed by atoms with Gasteiger partial charge < -0.3 is 10.6 Å². The summed E-state index contributed by atoms with van der Waals surface area (Å²) < 4.78 is 13.1. The van der Waals surface area contributed by atoms with E-state index in [4.69, 9.17) is 4.99 Å². The highest BCUT2D eigenvalue weighted by molar-refractivity contribution is 14.0. The summed E-state index contributed by atoms with van der Waals surface area (Å²) in [4.78, 5) is 9.09. The van der Waals surface area contributed by atoms with E-state index in [9.17, 15) is 4.39 Å². The van der Waals surface area contributed by atoms with Crippen LogP contribution in [0.5, 0.6) is 0 Å². The number of pyridine rings is 1. The lowest BCUT2D eigenvalue weighted by Crippen LogP contribution is -2.39. The molecule has 26 heavy (non-hydrogen) atoms. The number of hydrogen-bond acceptors (Lipinski definition) is 2. The maximum atomic E-state index is 13.1. The number of guanidine groups is 1. The summed E-state index contributed by atoms with van der Waals surface area (Å²) >= 11 is 0. The number of nitrogens with one attached hydrogen (secondary N) is 2. The smallest absolute Gasteiger partial charge is 0.191 e. The molecule has 1 heterocycles. The summed E-state index contributed by atoms with van der Waals surface area (Å²) in [6.07, 6.45) is 4.88. The number of rotatable bonds is 7. The van der Waals surface area contributed by atoms with E-state index in [0.29, 0.717) is 0 Å². The lowest BCUT2D eigenvalue weighted by Gasteiger charge is -2.16. The summed E-state index contributed by atoms with van der Waals surface area (Å²) in [7, 11) is 0. The minimum absolute atomic E-state index is 0. The zero-order valence-electron chi connectivity index (χ0n) is 15.0. The van der Waals surface area contributed by atoms with Gasteiger partial charge in [-0.25, -0.2) is 4.39 Å². The van der Waals surface area contributed by atoms with Crippen LogP contribution in [0.25, 0.3) is 0 Å². The summed E-state index contributed by atoms with van der Waals surface area (Å²) in [5, 5.41) is 6.66. The lowest BCUT2D eigenvalue weighted by atomic mass is 9.96. The van der Waals surface area contributed by atoms with Gasteiger partial charge in [-0.2, -0.15) is 0 Å². The molecule has 1 fully saturated rings. The molecule has 1 aliphatic rings. The average Bonchev–Trinajstić information content (AvgIpc) is 3.42. The lowest BCUT2D eigenvalue weighted by molar-refractivity contribution is 0.623. The first-order valence-electron chi connectivity index (χ1n) is 8.90. The Morgan fingerprint density at radius 1 is 1.15 bits per heavy atom. The van der Waals surface area contributed by atoms with Gasteiger partial charge in [-0.1, -0.05) is 18.2 Å². The summed E-state index contributed by atoms with van der Waals surface area (Å²) in [6.45, 7) is 4.38. The Hall–Kier alpha value is -1.70. The fraction of sp³-hybridized carbons (Fsp3) is 0.400. The second-order valence-electron chi connectivity index (χ2n) is 6.48. The zero-order valence-corrected chi connectivity index (χ0v) is 17.4. The van der Waals surface area contributed by atoms with Gasteiger partial charge in [-0.05, 0) is 49.6 Å². The van der Waals surface area contributed by atoms with Gasteiger partial charge in [0.1, 0.15) is 5.82 Å². The normalized spacial score (nSPS) is 15.1. The Bertz CT molecular complexity index is 700. The maximum Gasteiger partial charge on any atom is 0.191 e. The molecule has 4 nitrogen and oxygen atoms in total. The Kier molecular flexibility index (Phi) is 7.81. The predicted molar refractivity (Wildman–Crippen MR) is 115 cm³/mol. The average molecular weight is 468 g/mol. The largest absolute Gasteiger partial charge is 0.357 e. The highest BCUT2D eigenvalue weighted by Crippen LogP contribution is 2.48. The molecule has 1 aromatic heterocycles. The maximum absolute atomic E-state index is 13.1. The van der Waals surface area contributed by atoms with Crippen molar-refractivity contribution in [1.29, 1.82) is 0 Å². The third-order valence-electron chi connectivity index (χ3n) is 4.59. The van der Waals surface area contributed by atoms with Crippen molar-refractivity contribution in [1.82, 2.24) is 15.6 Å². The minimum atomic E-state index is -0.187. The Labute approximate surface area is 171 Å². The van der Waals surface area contributed by atoms with Gasteiger partial charge in [0.2, 0.25) is 0 Å². The van der Waals surface area contributed by atoms with Gasteiger partial charge in [0.05, 0.1) is 6.54 Å². The Morgan fingerprint density at radius 3 is 2.54 bits per heavy atom. The fourth-order valence-corrected chi connectivity index (χ4v) is 2.92. The molecule has 0 atom stereocenters. The van der Waals surface area contributed by atoms with Gasteiger partial charge >= 0.3 is 0 Å². The second kappa shape index (κ2) is 9.85. The molecule has 1 aromatic carbocycles. The highest BCUT2D eigenvalue weighted by Gasteiger charge is 2.44. The van der Waals surface area contributed by atoms with Crippen LogP contribution in [0.1, 0.15) is 31.0 Å². The minimum Gasteiger partial charge on any atom is -0.357 e. The van der Waals surface area contributed by atoms with Crippen molar-refractivity contribution >= 4 is 29.9 Å². The summed E-state index contributed by atoms with van der Waals surface area (Å²) in [5.74, 6) is 0.638. The van der Waals surface area contributed by atoms with Crippen LogP contribution >= 0.6 is 24.0 Å². The van der Waals surface area contributed by atoms with Crippen molar-refractivity contribution in [3.8, 4) is 0 Å². The predicted octanol–water partition coefficient (Wildman–Crippen LogP) is 3.67. The quantitative estimate of drug-likeness (QED) is 0.371. The molecule has 0 amide bonds. The SMILES string of the molecule is CCNC(=NCC1(c2ccc(F)cc2)CC1)NCCc1ccccn1.I. The van der Waals surface area contributed by atoms with Crippen LogP contribution in [0.2, 0.25) is 0 Å². The van der Waals surface area contributed by atoms with E-state index in [1.165, 1.54) is 17.7 Å². The van der Waals surface area contributed by atoms with E-state index >= 15 is 0 Å². The topological polar surface area (TPSA) is 49.3 Å². The number of benzene rings is 1. The first kappa shape index (κ1) is 20.6. The van der Waals surface area contributed by atoms with E-state index < -0.39 is 0 Å². The number of halogens is 2. The summed E-state index contributed by atoms with van der Waals surface area (Å²) in [5.41, 5.74) is 2.33. The summed E-state index contributed by atoms with van der Waals surface area (Å²) in [6, 6.07) is 12.8. The van der Waals surface area contributed by atoms with Crippen LogP contribution in [0.4, 0.5) is 4.39 Å². The molecule has 1 saturated carbocycles. The third kappa shape index (κ3) is 5.65. The molecule has 0 saturated heterocycles. The molecular weight excluding hydrogens is 442 g/mol. The van der Waals surface area contributed by atoms with Gasteiger partial charge in [-0.15, -0.1) is 24.0 Å². The molecule has 0 bridgehead atoms. The molecule has 0 aliphatic heterocycles. The van der Waals surface area contributed by atoms with Crippen molar-refractivity contribution in [3.63, 3.8) is 0 Å². The molecule has 0 spiro atoms. The van der Waals surface area contributed by atoms with E-state index in [1.54, 1.807) is 0 Å². The van der Waals surface area contributed by atoms with Crippen molar-refractivity contribution in [3.05, 3.63) is 65.7 Å². The molecule has 0 unspecified atom stereocenters. The third-order valence-corrected chi connectivity index (χ3v) is 4.59. The van der Waals surface area contributed by atoms with Crippen molar-refractivity contribution in [2.24, 2.45) is 4.99 Å². The van der Waals surface area contributed by atoms with E-state index in [1.807, 2.05) is 36.5 Å². The standard InChI is InChI=1S/C20H25FN4.HI/c1-2-22-19(24-14-10-18-5-3-4-13-23-18)25-15-20(11-12-20)16-6-8-17(21)9-7-16;/h3-9,13H,2,10-12,14-15H2,1H3,(H2,22,24,25);1H. The number of aliphatic imine (C=N–C) groups is 1. The van der Waals surface area contributed by atoms with Crippen LogP contribution in [0, 0.1) is 5.82 Å². The molecule has 140 valence electrons. The van der Waals surface area contributed by atoms with Crippen molar-refractivity contribution in [2.45, 2.75) is 31.6 Å². The molecule has 2 N–H and O–H groups in total. The molecule has 6 heteroatoms. The van der Waals surface area contributed by atoms with Crippen LogP contribution < -0.4 is 10.6 Å². The number of nitrogens with zero attached hydrogens (tertiary/aromatic N) is 2. The Morgan fingerprint density at radius 2 is 1.92 bits per heavy atom. The van der Waals surface area contributed by atoms with Gasteiger partial charge in [0, 0.05) is 36.8 Å². The zero-order chi connectivity index (χ0) is 17.5. The van der Waals surface area contributed by atoms with Gasteiger partial charge in [-0.3, -0.25) is 9.98 Å². The van der Waals surface area contributed by atoms with Crippen LogP contribution in [0.3, 0.4) is 0 Å². The number of hydrogen-bond donors (Lipinski definition) is 2.